The molecule has 0 amide bonds. The first kappa shape index (κ1) is 24.3. The molecule has 1 saturated heterocycles. The zero-order chi connectivity index (χ0) is 20.3. The highest BCUT2D eigenvalue weighted by molar-refractivity contribution is 14.0. The minimum absolute atomic E-state index is 0. The zero-order valence-electron chi connectivity index (χ0n) is 17.8. The summed E-state index contributed by atoms with van der Waals surface area (Å²) < 4.78 is 2.08. The smallest absolute Gasteiger partial charge is 0.191 e. The number of aryl methyl sites for hydroxylation is 1. The van der Waals surface area contributed by atoms with E-state index in [9.17, 15) is 0 Å². The molecule has 2 heterocycles. The van der Waals surface area contributed by atoms with Gasteiger partial charge in [-0.25, -0.2) is 0 Å². The monoisotopic (exact) mass is 523 g/mol. The average molecular weight is 523 g/mol. The van der Waals surface area contributed by atoms with E-state index >= 15 is 0 Å². The van der Waals surface area contributed by atoms with Gasteiger partial charge in [0.05, 0.1) is 12.6 Å². The largest absolute Gasteiger partial charge is 0.355 e. The lowest BCUT2D eigenvalue weighted by Gasteiger charge is -2.27. The van der Waals surface area contributed by atoms with Crippen LogP contribution in [0.1, 0.15) is 37.2 Å². The summed E-state index contributed by atoms with van der Waals surface area (Å²) in [6.07, 6.45) is 7.05. The van der Waals surface area contributed by atoms with E-state index in [2.05, 4.69) is 74.1 Å². The lowest BCUT2D eigenvalue weighted by molar-refractivity contribution is 0.251. The van der Waals surface area contributed by atoms with E-state index in [0.717, 1.165) is 50.9 Å². The third-order valence-corrected chi connectivity index (χ3v) is 5.26. The van der Waals surface area contributed by atoms with Gasteiger partial charge < -0.3 is 15.2 Å². The molecule has 8 heteroatoms. The molecule has 0 spiro atoms. The summed E-state index contributed by atoms with van der Waals surface area (Å²) in [5.41, 5.74) is 1.33. The van der Waals surface area contributed by atoms with Crippen molar-refractivity contribution in [2.45, 2.75) is 38.8 Å². The van der Waals surface area contributed by atoms with E-state index in [4.69, 9.17) is 4.99 Å². The van der Waals surface area contributed by atoms with Crippen molar-refractivity contribution in [1.29, 1.82) is 0 Å². The molecule has 30 heavy (non-hydrogen) atoms. The van der Waals surface area contributed by atoms with Gasteiger partial charge in [-0.15, -0.1) is 40.8 Å². The Labute approximate surface area is 197 Å². The van der Waals surface area contributed by atoms with Crippen molar-refractivity contribution in [2.24, 2.45) is 4.99 Å². The molecule has 0 bridgehead atoms. The number of nitrogens with zero attached hydrogens (tertiary/aromatic N) is 5. The molecule has 0 radical (unpaired) electrons. The number of aliphatic imine (C=N–C) groups is 1. The Balaban J connectivity index is 0.00000320. The normalized spacial score (nSPS) is 15.4. The van der Waals surface area contributed by atoms with Crippen LogP contribution in [-0.4, -0.2) is 58.3 Å². The molecule has 1 aromatic carbocycles. The van der Waals surface area contributed by atoms with Gasteiger partial charge in [0.25, 0.3) is 0 Å². The number of hydrogen-bond donors (Lipinski definition) is 2. The second kappa shape index (κ2) is 13.4. The first-order chi connectivity index (χ1) is 14.3. The number of rotatable bonds is 10. The summed E-state index contributed by atoms with van der Waals surface area (Å²) in [6.45, 7) is 11.2. The summed E-state index contributed by atoms with van der Waals surface area (Å²) in [7, 11) is 0. The van der Waals surface area contributed by atoms with Gasteiger partial charge in [-0.2, -0.15) is 0 Å². The number of halogens is 1. The molecule has 3 rings (SSSR count). The maximum absolute atomic E-state index is 4.91. The molecule has 2 N–H and O–H groups in total. The highest BCUT2D eigenvalue weighted by Gasteiger charge is 2.23. The van der Waals surface area contributed by atoms with Gasteiger partial charge in [-0.1, -0.05) is 43.3 Å². The molecule has 0 saturated carbocycles. The first-order valence-corrected chi connectivity index (χ1v) is 10.6. The maximum Gasteiger partial charge on any atom is 0.191 e. The minimum Gasteiger partial charge on any atom is -0.355 e. The lowest BCUT2D eigenvalue weighted by atomic mass is 10.1. The molecule has 1 unspecified atom stereocenters. The van der Waals surface area contributed by atoms with Crippen LogP contribution in [0.15, 0.2) is 54.3 Å². The minimum atomic E-state index is 0. The summed E-state index contributed by atoms with van der Waals surface area (Å²) in [5, 5.41) is 14.9. The van der Waals surface area contributed by atoms with Crippen LogP contribution in [0, 0.1) is 0 Å². The van der Waals surface area contributed by atoms with Crippen molar-refractivity contribution in [1.82, 2.24) is 30.3 Å². The highest BCUT2D eigenvalue weighted by Crippen LogP contribution is 2.25. The first-order valence-electron chi connectivity index (χ1n) is 10.6. The van der Waals surface area contributed by atoms with E-state index in [0.29, 0.717) is 12.6 Å². The Morgan fingerprint density at radius 3 is 2.70 bits per heavy atom. The molecule has 1 fully saturated rings. The molecule has 0 aliphatic carbocycles. The number of hydrogen-bond acceptors (Lipinski definition) is 4. The van der Waals surface area contributed by atoms with Gasteiger partial charge in [0, 0.05) is 26.1 Å². The number of nitrogens with one attached hydrogen (secondary N) is 2. The Morgan fingerprint density at radius 2 is 2.00 bits per heavy atom. The number of likely N-dealkylation sites (tertiary alicyclic amines) is 1. The fraction of sp³-hybridized carbons (Fsp3) is 0.500. The van der Waals surface area contributed by atoms with E-state index in [1.807, 2.05) is 6.08 Å². The standard InChI is InChI=1S/C22H33N7.HI/c1-3-12-23-22(24-13-16-29-18-26-27-21(29)4-2)25-17-20(28-14-8-9-15-28)19-10-6-5-7-11-19;/h3,5-7,10-11,18,20H,1,4,8-9,12-17H2,2H3,(H2,23,24,25);1H. The zero-order valence-corrected chi connectivity index (χ0v) is 20.2. The van der Waals surface area contributed by atoms with Crippen LogP contribution in [-0.2, 0) is 13.0 Å². The fourth-order valence-electron chi connectivity index (χ4n) is 3.72. The van der Waals surface area contributed by atoms with Crippen molar-refractivity contribution in [2.75, 3.05) is 32.7 Å². The Morgan fingerprint density at radius 1 is 1.23 bits per heavy atom. The summed E-state index contributed by atoms with van der Waals surface area (Å²) in [5.74, 6) is 1.82. The second-order valence-corrected chi connectivity index (χ2v) is 7.25. The predicted octanol–water partition coefficient (Wildman–Crippen LogP) is 3.02. The van der Waals surface area contributed by atoms with E-state index in [1.54, 1.807) is 6.33 Å². The molecule has 1 aliphatic rings. The van der Waals surface area contributed by atoms with Gasteiger partial charge >= 0.3 is 0 Å². The summed E-state index contributed by atoms with van der Waals surface area (Å²) in [4.78, 5) is 7.46. The van der Waals surface area contributed by atoms with E-state index in [-0.39, 0.29) is 24.0 Å². The summed E-state index contributed by atoms with van der Waals surface area (Å²) in [6, 6.07) is 11.0. The number of guanidine groups is 1. The lowest BCUT2D eigenvalue weighted by Crippen LogP contribution is -2.40. The third kappa shape index (κ3) is 7.09. The van der Waals surface area contributed by atoms with Crippen molar-refractivity contribution < 1.29 is 0 Å². The van der Waals surface area contributed by atoms with Crippen LogP contribution in [0.3, 0.4) is 0 Å². The quantitative estimate of drug-likeness (QED) is 0.217. The van der Waals surface area contributed by atoms with Crippen molar-refractivity contribution >= 4 is 29.9 Å². The molecule has 2 aromatic rings. The Kier molecular flexibility index (Phi) is 10.9. The SMILES string of the molecule is C=CCNC(=NCC(c1ccccc1)N1CCCC1)NCCn1cnnc1CC.I. The highest BCUT2D eigenvalue weighted by atomic mass is 127. The Bertz CT molecular complexity index is 769. The van der Waals surface area contributed by atoms with Crippen LogP contribution in [0.4, 0.5) is 0 Å². The van der Waals surface area contributed by atoms with Crippen LogP contribution >= 0.6 is 24.0 Å². The molecular formula is C22H34IN7. The molecular weight excluding hydrogens is 489 g/mol. The van der Waals surface area contributed by atoms with Crippen molar-refractivity contribution in [3.63, 3.8) is 0 Å². The molecule has 1 atom stereocenters. The van der Waals surface area contributed by atoms with Crippen LogP contribution in [0.2, 0.25) is 0 Å². The molecule has 164 valence electrons. The molecule has 1 aliphatic heterocycles. The number of aromatic nitrogens is 3. The van der Waals surface area contributed by atoms with Gasteiger partial charge in [0.2, 0.25) is 0 Å². The van der Waals surface area contributed by atoms with Crippen LogP contribution in [0.5, 0.6) is 0 Å². The second-order valence-electron chi connectivity index (χ2n) is 7.25. The number of benzene rings is 1. The molecule has 7 nitrogen and oxygen atoms in total. The fourth-order valence-corrected chi connectivity index (χ4v) is 3.72. The van der Waals surface area contributed by atoms with Crippen molar-refractivity contribution in [3.8, 4) is 0 Å². The molecule has 1 aromatic heterocycles. The predicted molar refractivity (Wildman–Crippen MR) is 133 cm³/mol. The third-order valence-electron chi connectivity index (χ3n) is 5.26. The summed E-state index contributed by atoms with van der Waals surface area (Å²) >= 11 is 0. The van der Waals surface area contributed by atoms with Gasteiger partial charge in [-0.05, 0) is 31.5 Å². The van der Waals surface area contributed by atoms with E-state index < -0.39 is 0 Å². The van der Waals surface area contributed by atoms with Crippen LogP contribution in [0.25, 0.3) is 0 Å². The average Bonchev–Trinajstić information content (AvgIpc) is 3.44. The van der Waals surface area contributed by atoms with E-state index in [1.165, 1.54) is 18.4 Å². The van der Waals surface area contributed by atoms with Crippen molar-refractivity contribution in [3.05, 3.63) is 60.7 Å². The topological polar surface area (TPSA) is 70.4 Å². The van der Waals surface area contributed by atoms with Gasteiger partial charge in [-0.3, -0.25) is 9.89 Å². The van der Waals surface area contributed by atoms with Crippen LogP contribution < -0.4 is 10.6 Å². The Hall–Kier alpha value is -1.94. The van der Waals surface area contributed by atoms with Gasteiger partial charge in [0.1, 0.15) is 12.2 Å². The van der Waals surface area contributed by atoms with Gasteiger partial charge in [0.15, 0.2) is 5.96 Å². The maximum atomic E-state index is 4.91.